The van der Waals surface area contributed by atoms with Crippen molar-refractivity contribution in [1.82, 2.24) is 9.97 Å². The highest BCUT2D eigenvalue weighted by molar-refractivity contribution is 5.89. The molecule has 8 heteroatoms. The predicted molar refractivity (Wildman–Crippen MR) is 66.0 cm³/mol. The fourth-order valence-corrected chi connectivity index (χ4v) is 1.66. The first-order valence-electron chi connectivity index (χ1n) is 5.65. The SMILES string of the molecule is COc1cccc(-c2ncc(C(=O)O)c(C(F)(F)F)n2)c1. The van der Waals surface area contributed by atoms with Crippen molar-refractivity contribution in [2.45, 2.75) is 6.18 Å². The summed E-state index contributed by atoms with van der Waals surface area (Å²) in [5.74, 6) is -1.54. The first-order chi connectivity index (χ1) is 9.82. The molecule has 0 aliphatic heterocycles. The van der Waals surface area contributed by atoms with Crippen LogP contribution in [0.3, 0.4) is 0 Å². The molecular weight excluding hydrogens is 289 g/mol. The smallest absolute Gasteiger partial charge is 0.434 e. The van der Waals surface area contributed by atoms with Crippen molar-refractivity contribution >= 4 is 5.97 Å². The van der Waals surface area contributed by atoms with Gasteiger partial charge in [-0.1, -0.05) is 12.1 Å². The third-order valence-corrected chi connectivity index (χ3v) is 2.62. The van der Waals surface area contributed by atoms with Crippen LogP contribution in [-0.4, -0.2) is 28.2 Å². The maximum atomic E-state index is 12.9. The van der Waals surface area contributed by atoms with Gasteiger partial charge in [0.25, 0.3) is 0 Å². The molecule has 1 aromatic heterocycles. The summed E-state index contributed by atoms with van der Waals surface area (Å²) in [6, 6.07) is 6.13. The van der Waals surface area contributed by atoms with E-state index in [1.807, 2.05) is 0 Å². The predicted octanol–water partition coefficient (Wildman–Crippen LogP) is 2.87. The Morgan fingerprint density at radius 3 is 2.62 bits per heavy atom. The zero-order valence-corrected chi connectivity index (χ0v) is 10.7. The van der Waals surface area contributed by atoms with E-state index in [1.165, 1.54) is 19.2 Å². The van der Waals surface area contributed by atoms with Crippen LogP contribution in [-0.2, 0) is 6.18 Å². The molecule has 2 aromatic rings. The van der Waals surface area contributed by atoms with E-state index >= 15 is 0 Å². The van der Waals surface area contributed by atoms with Crippen LogP contribution in [0.2, 0.25) is 0 Å². The Labute approximate surface area is 117 Å². The van der Waals surface area contributed by atoms with Gasteiger partial charge in [0.15, 0.2) is 11.5 Å². The maximum absolute atomic E-state index is 12.9. The normalized spacial score (nSPS) is 11.2. The molecule has 0 unspecified atom stereocenters. The molecule has 110 valence electrons. The number of ether oxygens (including phenoxy) is 1. The third kappa shape index (κ3) is 3.10. The molecule has 0 spiro atoms. The molecule has 0 radical (unpaired) electrons. The van der Waals surface area contributed by atoms with Crippen molar-refractivity contribution in [2.24, 2.45) is 0 Å². The van der Waals surface area contributed by atoms with E-state index in [4.69, 9.17) is 9.84 Å². The average Bonchev–Trinajstić information content (AvgIpc) is 2.45. The van der Waals surface area contributed by atoms with Crippen molar-refractivity contribution in [2.75, 3.05) is 7.11 Å². The van der Waals surface area contributed by atoms with Crippen LogP contribution in [0.4, 0.5) is 13.2 Å². The number of benzene rings is 1. The second kappa shape index (κ2) is 5.39. The van der Waals surface area contributed by atoms with E-state index < -0.39 is 23.4 Å². The standard InChI is InChI=1S/C13H9F3N2O3/c1-21-8-4-2-3-7(5-8)11-17-6-9(12(19)20)10(18-11)13(14,15)16/h2-6H,1H3,(H,19,20). The lowest BCUT2D eigenvalue weighted by Crippen LogP contribution is -2.16. The van der Waals surface area contributed by atoms with Gasteiger partial charge in [-0.25, -0.2) is 14.8 Å². The number of nitrogens with zero attached hydrogens (tertiary/aromatic N) is 2. The molecule has 0 aliphatic carbocycles. The summed E-state index contributed by atoms with van der Waals surface area (Å²) in [4.78, 5) is 17.8. The van der Waals surface area contributed by atoms with Crippen molar-refractivity contribution in [3.63, 3.8) is 0 Å². The summed E-state index contributed by atoms with van der Waals surface area (Å²) in [5.41, 5.74) is -2.19. The lowest BCUT2D eigenvalue weighted by Gasteiger charge is -2.10. The first-order valence-corrected chi connectivity index (χ1v) is 5.65. The van der Waals surface area contributed by atoms with Gasteiger partial charge in [-0.05, 0) is 12.1 Å². The summed E-state index contributed by atoms with van der Waals surface area (Å²) >= 11 is 0. The highest BCUT2D eigenvalue weighted by Gasteiger charge is 2.38. The number of alkyl halides is 3. The highest BCUT2D eigenvalue weighted by atomic mass is 19.4. The Morgan fingerprint density at radius 2 is 2.05 bits per heavy atom. The minimum absolute atomic E-state index is 0.230. The van der Waals surface area contributed by atoms with Crippen LogP contribution in [0.25, 0.3) is 11.4 Å². The largest absolute Gasteiger partial charge is 0.497 e. The zero-order valence-electron chi connectivity index (χ0n) is 10.7. The Bertz CT molecular complexity index is 687. The minimum atomic E-state index is -4.88. The summed E-state index contributed by atoms with van der Waals surface area (Å²) in [6.45, 7) is 0. The van der Waals surface area contributed by atoms with Gasteiger partial charge >= 0.3 is 12.1 Å². The van der Waals surface area contributed by atoms with E-state index in [2.05, 4.69) is 9.97 Å². The zero-order chi connectivity index (χ0) is 15.6. The number of aromatic nitrogens is 2. The minimum Gasteiger partial charge on any atom is -0.497 e. The number of carboxylic acids is 1. The average molecular weight is 298 g/mol. The molecule has 1 heterocycles. The number of aromatic carboxylic acids is 1. The van der Waals surface area contributed by atoms with Crippen LogP contribution in [0.5, 0.6) is 5.75 Å². The van der Waals surface area contributed by atoms with Gasteiger partial charge in [-0.2, -0.15) is 13.2 Å². The van der Waals surface area contributed by atoms with Crippen molar-refractivity contribution in [3.05, 3.63) is 41.7 Å². The summed E-state index contributed by atoms with van der Waals surface area (Å²) < 4.78 is 43.6. The molecule has 1 N–H and O–H groups in total. The van der Waals surface area contributed by atoms with E-state index in [-0.39, 0.29) is 11.4 Å². The molecule has 0 saturated carbocycles. The van der Waals surface area contributed by atoms with E-state index in [1.54, 1.807) is 12.1 Å². The summed E-state index contributed by atoms with van der Waals surface area (Å²) in [7, 11) is 1.41. The summed E-state index contributed by atoms with van der Waals surface area (Å²) in [5, 5.41) is 8.77. The van der Waals surface area contributed by atoms with Crippen LogP contribution in [0.1, 0.15) is 16.1 Å². The van der Waals surface area contributed by atoms with Crippen molar-refractivity contribution in [3.8, 4) is 17.1 Å². The number of rotatable bonds is 3. The fourth-order valence-electron chi connectivity index (χ4n) is 1.66. The van der Waals surface area contributed by atoms with Crippen LogP contribution >= 0.6 is 0 Å². The van der Waals surface area contributed by atoms with Crippen molar-refractivity contribution < 1.29 is 27.8 Å². The van der Waals surface area contributed by atoms with Crippen molar-refractivity contribution in [1.29, 1.82) is 0 Å². The monoisotopic (exact) mass is 298 g/mol. The fraction of sp³-hybridized carbons (Fsp3) is 0.154. The van der Waals surface area contributed by atoms with Gasteiger partial charge in [0.05, 0.1) is 7.11 Å². The maximum Gasteiger partial charge on any atom is 0.434 e. The number of hydrogen-bond donors (Lipinski definition) is 1. The van der Waals surface area contributed by atoms with Crippen LogP contribution in [0.15, 0.2) is 30.5 Å². The molecule has 0 saturated heterocycles. The lowest BCUT2D eigenvalue weighted by molar-refractivity contribution is -0.141. The molecule has 0 atom stereocenters. The van der Waals surface area contributed by atoms with Gasteiger partial charge in [-0.3, -0.25) is 0 Å². The second-order valence-electron chi connectivity index (χ2n) is 3.99. The molecule has 0 bridgehead atoms. The second-order valence-corrected chi connectivity index (χ2v) is 3.99. The molecule has 5 nitrogen and oxygen atoms in total. The van der Waals surface area contributed by atoms with Crippen LogP contribution < -0.4 is 4.74 Å². The summed E-state index contributed by atoms with van der Waals surface area (Å²) in [6.07, 6.45) is -4.24. The molecule has 0 fully saturated rings. The van der Waals surface area contributed by atoms with Gasteiger partial charge in [-0.15, -0.1) is 0 Å². The Kier molecular flexibility index (Phi) is 3.79. The molecule has 0 aliphatic rings. The first kappa shape index (κ1) is 14.8. The van der Waals surface area contributed by atoms with Gasteiger partial charge in [0.1, 0.15) is 11.3 Å². The van der Waals surface area contributed by atoms with Crippen LogP contribution in [0, 0.1) is 0 Å². The number of carbonyl (C=O) groups is 1. The van der Waals surface area contributed by atoms with Gasteiger partial charge in [0, 0.05) is 11.8 Å². The topological polar surface area (TPSA) is 72.3 Å². The third-order valence-electron chi connectivity index (χ3n) is 2.62. The molecule has 21 heavy (non-hydrogen) atoms. The van der Waals surface area contributed by atoms with Gasteiger partial charge < -0.3 is 9.84 Å². The van der Waals surface area contributed by atoms with E-state index in [9.17, 15) is 18.0 Å². The molecular formula is C13H9F3N2O3. The quantitative estimate of drug-likeness (QED) is 0.943. The molecule has 0 amide bonds. The van der Waals surface area contributed by atoms with E-state index in [0.717, 1.165) is 0 Å². The number of carboxylic acid groups (broad SMARTS) is 1. The lowest BCUT2D eigenvalue weighted by atomic mass is 10.1. The molecule has 1 aromatic carbocycles. The number of methoxy groups -OCH3 is 1. The van der Waals surface area contributed by atoms with Gasteiger partial charge in [0.2, 0.25) is 0 Å². The Balaban J connectivity index is 2.58. The van der Waals surface area contributed by atoms with E-state index in [0.29, 0.717) is 11.9 Å². The number of halogens is 3. The molecule has 2 rings (SSSR count). The Hall–Kier alpha value is -2.64. The highest BCUT2D eigenvalue weighted by Crippen LogP contribution is 2.32. The number of hydrogen-bond acceptors (Lipinski definition) is 4. The Morgan fingerprint density at radius 1 is 1.33 bits per heavy atom.